The van der Waals surface area contributed by atoms with Crippen LogP contribution in [0, 0.1) is 14.9 Å². The summed E-state index contributed by atoms with van der Waals surface area (Å²) in [6.07, 6.45) is 1.66. The molecule has 0 spiro atoms. The maximum atomic E-state index is 8.82. The van der Waals surface area contributed by atoms with Crippen molar-refractivity contribution in [3.63, 3.8) is 0 Å². The van der Waals surface area contributed by atoms with Crippen molar-refractivity contribution in [2.45, 2.75) is 0 Å². The first kappa shape index (κ1) is 12.9. The molecule has 0 aliphatic carbocycles. The number of hydrogen-bond donors (Lipinski definition) is 1. The van der Waals surface area contributed by atoms with Crippen LogP contribution in [0.4, 0.5) is 0 Å². The number of nitrogens with two attached hydrogens (primary N) is 1. The standard InChI is InChI=1S/C11H9IN2OS/c1-15-10-3-2-7(5-9(10)12)4-8(6-13)11(14)16/h2-5H,1H3,(H2,14,16)/b8-4-. The van der Waals surface area contributed by atoms with E-state index in [1.54, 1.807) is 13.2 Å². The molecule has 5 heteroatoms. The van der Waals surface area contributed by atoms with Crippen molar-refractivity contribution in [2.75, 3.05) is 7.11 Å². The summed E-state index contributed by atoms with van der Waals surface area (Å²) in [6, 6.07) is 7.54. The molecule has 1 rings (SSSR count). The molecule has 3 nitrogen and oxygen atoms in total. The number of halogens is 1. The van der Waals surface area contributed by atoms with Crippen LogP contribution in [0.2, 0.25) is 0 Å². The molecule has 82 valence electrons. The van der Waals surface area contributed by atoms with Gasteiger partial charge >= 0.3 is 0 Å². The molecule has 0 amide bonds. The van der Waals surface area contributed by atoms with Crippen molar-refractivity contribution >= 4 is 45.9 Å². The molecule has 0 bridgehead atoms. The highest BCUT2D eigenvalue weighted by atomic mass is 127. The topological polar surface area (TPSA) is 59.0 Å². The van der Waals surface area contributed by atoms with Crippen molar-refractivity contribution in [1.29, 1.82) is 5.26 Å². The second kappa shape index (κ2) is 5.82. The van der Waals surface area contributed by atoms with Crippen molar-refractivity contribution in [1.82, 2.24) is 0 Å². The first-order chi connectivity index (χ1) is 7.58. The Morgan fingerprint density at radius 2 is 2.31 bits per heavy atom. The van der Waals surface area contributed by atoms with Crippen molar-refractivity contribution in [3.8, 4) is 11.8 Å². The molecule has 0 aliphatic heterocycles. The third-order valence-corrected chi connectivity index (χ3v) is 2.94. The quantitative estimate of drug-likeness (QED) is 0.396. The van der Waals surface area contributed by atoms with E-state index in [4.69, 9.17) is 28.0 Å². The average Bonchev–Trinajstić information content (AvgIpc) is 2.25. The molecule has 0 saturated carbocycles. The number of nitrogens with zero attached hydrogens (tertiary/aromatic N) is 1. The van der Waals surface area contributed by atoms with Gasteiger partial charge in [-0.25, -0.2) is 0 Å². The van der Waals surface area contributed by atoms with Gasteiger partial charge in [0.2, 0.25) is 0 Å². The number of thiocarbonyl (C=S) groups is 1. The molecule has 2 N–H and O–H groups in total. The van der Waals surface area contributed by atoms with Gasteiger partial charge in [-0.3, -0.25) is 0 Å². The summed E-state index contributed by atoms with van der Waals surface area (Å²) in [5.41, 5.74) is 6.58. The predicted octanol–water partition coefficient (Wildman–Crippen LogP) is 2.49. The van der Waals surface area contributed by atoms with E-state index >= 15 is 0 Å². The highest BCUT2D eigenvalue weighted by molar-refractivity contribution is 14.1. The zero-order valence-corrected chi connectivity index (χ0v) is 11.5. The van der Waals surface area contributed by atoms with Crippen LogP contribution in [-0.2, 0) is 0 Å². The van der Waals surface area contributed by atoms with E-state index in [1.807, 2.05) is 24.3 Å². The molecule has 0 fully saturated rings. The average molecular weight is 344 g/mol. The van der Waals surface area contributed by atoms with Gasteiger partial charge in [-0.1, -0.05) is 18.3 Å². The van der Waals surface area contributed by atoms with Crippen LogP contribution in [0.15, 0.2) is 23.8 Å². The largest absolute Gasteiger partial charge is 0.496 e. The predicted molar refractivity (Wildman–Crippen MR) is 76.1 cm³/mol. The van der Waals surface area contributed by atoms with Gasteiger partial charge in [-0.2, -0.15) is 5.26 Å². The van der Waals surface area contributed by atoms with Gasteiger partial charge in [0.25, 0.3) is 0 Å². The Morgan fingerprint density at radius 3 is 2.75 bits per heavy atom. The zero-order valence-electron chi connectivity index (χ0n) is 8.53. The fourth-order valence-corrected chi connectivity index (χ4v) is 1.96. The van der Waals surface area contributed by atoms with Gasteiger partial charge in [0.05, 0.1) is 16.3 Å². The SMILES string of the molecule is COc1ccc(/C=C(/C#N)C(N)=S)cc1I. The number of ether oxygens (including phenoxy) is 1. The molecule has 1 aromatic carbocycles. The van der Waals surface area contributed by atoms with Crippen LogP contribution in [0.5, 0.6) is 5.75 Å². The number of nitriles is 1. The molecule has 1 aromatic rings. The highest BCUT2D eigenvalue weighted by Gasteiger charge is 2.02. The summed E-state index contributed by atoms with van der Waals surface area (Å²) in [6.45, 7) is 0. The third kappa shape index (κ3) is 3.18. The Morgan fingerprint density at radius 1 is 1.62 bits per heavy atom. The fourth-order valence-electron chi connectivity index (χ4n) is 1.10. The molecule has 0 radical (unpaired) electrons. The molecule has 0 atom stereocenters. The van der Waals surface area contributed by atoms with Crippen molar-refractivity contribution in [3.05, 3.63) is 32.9 Å². The molecule has 0 saturated heterocycles. The van der Waals surface area contributed by atoms with E-state index in [9.17, 15) is 0 Å². The lowest BCUT2D eigenvalue weighted by atomic mass is 10.1. The lowest BCUT2D eigenvalue weighted by Gasteiger charge is -2.03. The minimum absolute atomic E-state index is 0.105. The number of benzene rings is 1. The van der Waals surface area contributed by atoms with E-state index in [-0.39, 0.29) is 4.99 Å². The zero-order chi connectivity index (χ0) is 12.1. The van der Waals surface area contributed by atoms with Crippen LogP contribution >= 0.6 is 34.8 Å². The summed E-state index contributed by atoms with van der Waals surface area (Å²) in [7, 11) is 1.61. The Hall–Kier alpha value is -1.13. The first-order valence-electron chi connectivity index (χ1n) is 4.33. The van der Waals surface area contributed by atoms with Gasteiger partial charge in [0.1, 0.15) is 16.8 Å². The molecule has 0 heterocycles. The summed E-state index contributed by atoms with van der Waals surface area (Å²) >= 11 is 6.92. The fraction of sp³-hybridized carbons (Fsp3) is 0.0909. The van der Waals surface area contributed by atoms with E-state index in [0.29, 0.717) is 5.57 Å². The van der Waals surface area contributed by atoms with Crippen LogP contribution in [0.25, 0.3) is 6.08 Å². The van der Waals surface area contributed by atoms with Gasteiger partial charge in [0.15, 0.2) is 0 Å². The number of hydrogen-bond acceptors (Lipinski definition) is 3. The van der Waals surface area contributed by atoms with Crippen LogP contribution < -0.4 is 10.5 Å². The minimum atomic E-state index is 0.105. The smallest absolute Gasteiger partial charge is 0.132 e. The van der Waals surface area contributed by atoms with E-state index in [2.05, 4.69) is 22.6 Å². The second-order valence-electron chi connectivity index (χ2n) is 2.93. The number of rotatable bonds is 3. The van der Waals surface area contributed by atoms with Crippen LogP contribution in [0.3, 0.4) is 0 Å². The normalized spacial score (nSPS) is 10.7. The molecular formula is C11H9IN2OS. The first-order valence-corrected chi connectivity index (χ1v) is 5.82. The maximum absolute atomic E-state index is 8.82. The van der Waals surface area contributed by atoms with Crippen molar-refractivity contribution < 1.29 is 4.74 Å². The minimum Gasteiger partial charge on any atom is -0.496 e. The van der Waals surface area contributed by atoms with E-state index < -0.39 is 0 Å². The summed E-state index contributed by atoms with van der Waals surface area (Å²) in [5.74, 6) is 0.798. The molecule has 16 heavy (non-hydrogen) atoms. The molecule has 0 aromatic heterocycles. The Labute approximate surface area is 113 Å². The lowest BCUT2D eigenvalue weighted by molar-refractivity contribution is 0.412. The Balaban J connectivity index is 3.12. The van der Waals surface area contributed by atoms with Crippen LogP contribution in [0.1, 0.15) is 5.56 Å². The van der Waals surface area contributed by atoms with E-state index in [1.165, 1.54) is 0 Å². The highest BCUT2D eigenvalue weighted by Crippen LogP contribution is 2.22. The van der Waals surface area contributed by atoms with Gasteiger partial charge in [-0.15, -0.1) is 0 Å². The Bertz CT molecular complexity index is 491. The molecule has 0 unspecified atom stereocenters. The molecular weight excluding hydrogens is 335 g/mol. The van der Waals surface area contributed by atoms with Gasteiger partial charge < -0.3 is 10.5 Å². The van der Waals surface area contributed by atoms with Gasteiger partial charge in [-0.05, 0) is 46.4 Å². The molecule has 0 aliphatic rings. The van der Waals surface area contributed by atoms with Gasteiger partial charge in [0, 0.05) is 0 Å². The van der Waals surface area contributed by atoms with E-state index in [0.717, 1.165) is 14.9 Å². The van der Waals surface area contributed by atoms with Crippen molar-refractivity contribution in [2.24, 2.45) is 5.73 Å². The summed E-state index contributed by atoms with van der Waals surface area (Å²) in [4.78, 5) is 0.105. The third-order valence-electron chi connectivity index (χ3n) is 1.87. The maximum Gasteiger partial charge on any atom is 0.132 e. The Kier molecular flexibility index (Phi) is 4.71. The second-order valence-corrected chi connectivity index (χ2v) is 4.53. The monoisotopic (exact) mass is 344 g/mol. The number of methoxy groups -OCH3 is 1. The summed E-state index contributed by atoms with van der Waals surface area (Å²) in [5, 5.41) is 8.82. The van der Waals surface area contributed by atoms with Crippen LogP contribution in [-0.4, -0.2) is 12.1 Å². The lowest BCUT2D eigenvalue weighted by Crippen LogP contribution is -2.09. The summed E-state index contributed by atoms with van der Waals surface area (Å²) < 4.78 is 6.10.